The second kappa shape index (κ2) is 7.10. The number of alkyl halides is 3. The number of carbonyl (C=O) groups is 1. The number of amides is 1. The smallest absolute Gasteiger partial charge is 0.341 e. The molecular formula is C15H19F3N2O3S. The Morgan fingerprint density at radius 3 is 2.42 bits per heavy atom. The van der Waals surface area contributed by atoms with Crippen LogP contribution in [0, 0.1) is 0 Å². The SMILES string of the molecule is N[C@H]1CCCN(C(=O)Cc2ccc(S(=O)(=O)CC(F)(F)F)cc2)C1. The lowest BCUT2D eigenvalue weighted by molar-refractivity contribution is -0.131. The largest absolute Gasteiger partial charge is 0.403 e. The molecule has 1 aromatic rings. The molecule has 1 atom stereocenters. The highest BCUT2D eigenvalue weighted by atomic mass is 32.2. The van der Waals surface area contributed by atoms with Crippen molar-refractivity contribution in [3.8, 4) is 0 Å². The molecular weight excluding hydrogens is 345 g/mol. The number of halogens is 3. The molecule has 1 fully saturated rings. The zero-order valence-electron chi connectivity index (χ0n) is 12.9. The first-order valence-corrected chi connectivity index (χ1v) is 9.14. The van der Waals surface area contributed by atoms with E-state index < -0.39 is 26.7 Å². The van der Waals surface area contributed by atoms with E-state index in [-0.39, 0.29) is 18.4 Å². The van der Waals surface area contributed by atoms with Gasteiger partial charge in [-0.3, -0.25) is 4.79 Å². The third kappa shape index (κ3) is 5.20. The molecule has 0 spiro atoms. The van der Waals surface area contributed by atoms with Crippen LogP contribution in [0.15, 0.2) is 29.2 Å². The van der Waals surface area contributed by atoms with Gasteiger partial charge in [-0.25, -0.2) is 8.42 Å². The fourth-order valence-electron chi connectivity index (χ4n) is 2.64. The predicted octanol–water partition coefficient (Wildman–Crippen LogP) is 1.51. The van der Waals surface area contributed by atoms with Gasteiger partial charge in [0.2, 0.25) is 5.91 Å². The normalized spacial score (nSPS) is 19.3. The van der Waals surface area contributed by atoms with Crippen LogP contribution in [0.25, 0.3) is 0 Å². The number of sulfone groups is 1. The molecule has 2 rings (SSSR count). The van der Waals surface area contributed by atoms with Crippen molar-refractivity contribution >= 4 is 15.7 Å². The topological polar surface area (TPSA) is 80.5 Å². The molecule has 0 bridgehead atoms. The van der Waals surface area contributed by atoms with Crippen molar-refractivity contribution in [1.82, 2.24) is 4.90 Å². The van der Waals surface area contributed by atoms with Crippen LogP contribution in [0.2, 0.25) is 0 Å². The van der Waals surface area contributed by atoms with Gasteiger partial charge in [-0.2, -0.15) is 13.2 Å². The Morgan fingerprint density at radius 1 is 1.25 bits per heavy atom. The maximum Gasteiger partial charge on any atom is 0.403 e. The van der Waals surface area contributed by atoms with Crippen LogP contribution in [0.3, 0.4) is 0 Å². The van der Waals surface area contributed by atoms with E-state index in [0.717, 1.165) is 25.0 Å². The molecule has 1 heterocycles. The van der Waals surface area contributed by atoms with Crippen LogP contribution in [0.5, 0.6) is 0 Å². The van der Waals surface area contributed by atoms with Crippen LogP contribution >= 0.6 is 0 Å². The summed E-state index contributed by atoms with van der Waals surface area (Å²) in [6.45, 7) is 1.11. The standard InChI is InChI=1S/C15H19F3N2O3S/c16-15(17,18)10-24(22,23)13-5-3-11(4-6-13)8-14(21)20-7-1-2-12(19)9-20/h3-6,12H,1-2,7-10,19H2/t12-/m0/s1. The lowest BCUT2D eigenvalue weighted by Gasteiger charge is -2.30. The quantitative estimate of drug-likeness (QED) is 0.878. The highest BCUT2D eigenvalue weighted by molar-refractivity contribution is 7.91. The molecule has 1 amide bonds. The fraction of sp³-hybridized carbons (Fsp3) is 0.533. The first kappa shape index (κ1) is 18.7. The van der Waals surface area contributed by atoms with Crippen molar-refractivity contribution in [2.24, 2.45) is 5.73 Å². The van der Waals surface area contributed by atoms with Gasteiger partial charge in [0.05, 0.1) is 11.3 Å². The number of hydrogen-bond donors (Lipinski definition) is 1. The highest BCUT2D eigenvalue weighted by Crippen LogP contribution is 2.23. The molecule has 2 N–H and O–H groups in total. The van der Waals surface area contributed by atoms with Gasteiger partial charge in [-0.15, -0.1) is 0 Å². The Hall–Kier alpha value is -1.61. The molecule has 9 heteroatoms. The van der Waals surface area contributed by atoms with Gasteiger partial charge in [0, 0.05) is 19.1 Å². The van der Waals surface area contributed by atoms with Crippen LogP contribution in [0.1, 0.15) is 18.4 Å². The number of rotatable bonds is 4. The number of nitrogens with zero attached hydrogens (tertiary/aromatic N) is 1. The molecule has 0 aromatic heterocycles. The molecule has 0 aliphatic carbocycles. The van der Waals surface area contributed by atoms with Crippen LogP contribution < -0.4 is 5.73 Å². The highest BCUT2D eigenvalue weighted by Gasteiger charge is 2.35. The van der Waals surface area contributed by atoms with Gasteiger partial charge >= 0.3 is 6.18 Å². The van der Waals surface area contributed by atoms with Gasteiger partial charge in [-0.05, 0) is 30.5 Å². The van der Waals surface area contributed by atoms with Crippen LogP contribution in [0.4, 0.5) is 13.2 Å². The van der Waals surface area contributed by atoms with Crippen molar-refractivity contribution in [3.05, 3.63) is 29.8 Å². The third-order valence-corrected chi connectivity index (χ3v) is 5.50. The molecule has 5 nitrogen and oxygen atoms in total. The Kier molecular flexibility index (Phi) is 5.54. The number of carbonyl (C=O) groups excluding carboxylic acids is 1. The van der Waals surface area contributed by atoms with E-state index in [4.69, 9.17) is 5.73 Å². The molecule has 0 radical (unpaired) electrons. The van der Waals surface area contributed by atoms with Gasteiger partial charge in [0.1, 0.15) is 0 Å². The summed E-state index contributed by atoms with van der Waals surface area (Å²) in [6, 6.07) is 4.89. The van der Waals surface area contributed by atoms with Crippen molar-refractivity contribution in [1.29, 1.82) is 0 Å². The summed E-state index contributed by atoms with van der Waals surface area (Å²) in [5.74, 6) is -2.03. The second-order valence-corrected chi connectivity index (χ2v) is 7.93. The van der Waals surface area contributed by atoms with E-state index in [1.165, 1.54) is 12.1 Å². The third-order valence-electron chi connectivity index (χ3n) is 3.80. The minimum atomic E-state index is -4.79. The number of hydrogen-bond acceptors (Lipinski definition) is 4. The molecule has 0 unspecified atom stereocenters. The van der Waals surface area contributed by atoms with E-state index in [1.807, 2.05) is 0 Å². The maximum atomic E-state index is 12.3. The number of likely N-dealkylation sites (tertiary alicyclic amines) is 1. The minimum absolute atomic E-state index is 0.0439. The maximum absolute atomic E-state index is 12.3. The summed E-state index contributed by atoms with van der Waals surface area (Å²) < 4.78 is 60.2. The summed E-state index contributed by atoms with van der Waals surface area (Å²) in [5, 5.41) is 0. The fourth-order valence-corrected chi connectivity index (χ4v) is 3.78. The monoisotopic (exact) mass is 364 g/mol. The first-order chi connectivity index (χ1) is 11.1. The Bertz CT molecular complexity index is 687. The van der Waals surface area contributed by atoms with Gasteiger partial charge < -0.3 is 10.6 Å². The predicted molar refractivity (Wildman–Crippen MR) is 82.0 cm³/mol. The molecule has 24 heavy (non-hydrogen) atoms. The van der Waals surface area contributed by atoms with Crippen molar-refractivity contribution in [2.45, 2.75) is 36.4 Å². The summed E-state index contributed by atoms with van der Waals surface area (Å²) in [7, 11) is -4.43. The van der Waals surface area contributed by atoms with Crippen molar-refractivity contribution in [2.75, 3.05) is 18.8 Å². The van der Waals surface area contributed by atoms with E-state index >= 15 is 0 Å². The molecule has 1 aliphatic heterocycles. The van der Waals surface area contributed by atoms with E-state index in [2.05, 4.69) is 0 Å². The van der Waals surface area contributed by atoms with Crippen molar-refractivity contribution in [3.63, 3.8) is 0 Å². The second-order valence-electron chi connectivity index (χ2n) is 5.94. The summed E-state index contributed by atoms with van der Waals surface area (Å²) in [5.41, 5.74) is 6.37. The molecule has 1 saturated heterocycles. The molecule has 134 valence electrons. The zero-order chi connectivity index (χ0) is 18.0. The molecule has 1 aromatic carbocycles. The van der Waals surface area contributed by atoms with Crippen LogP contribution in [-0.4, -0.2) is 50.3 Å². The number of benzene rings is 1. The Morgan fingerprint density at radius 2 is 1.88 bits per heavy atom. The van der Waals surface area contributed by atoms with Gasteiger partial charge in [-0.1, -0.05) is 12.1 Å². The molecule has 0 saturated carbocycles. The first-order valence-electron chi connectivity index (χ1n) is 7.49. The van der Waals surface area contributed by atoms with Gasteiger partial charge in [0.25, 0.3) is 0 Å². The lowest BCUT2D eigenvalue weighted by atomic mass is 10.1. The van der Waals surface area contributed by atoms with E-state index in [1.54, 1.807) is 4.90 Å². The minimum Gasteiger partial charge on any atom is -0.341 e. The number of nitrogens with two attached hydrogens (primary N) is 1. The Labute approximate surface area is 138 Å². The van der Waals surface area contributed by atoms with E-state index in [0.29, 0.717) is 18.7 Å². The zero-order valence-corrected chi connectivity index (χ0v) is 13.7. The van der Waals surface area contributed by atoms with Gasteiger partial charge in [0.15, 0.2) is 15.6 Å². The lowest BCUT2D eigenvalue weighted by Crippen LogP contribution is -2.46. The summed E-state index contributed by atoms with van der Waals surface area (Å²) >= 11 is 0. The van der Waals surface area contributed by atoms with E-state index in [9.17, 15) is 26.4 Å². The molecule has 1 aliphatic rings. The van der Waals surface area contributed by atoms with Crippen molar-refractivity contribution < 1.29 is 26.4 Å². The summed E-state index contributed by atoms with van der Waals surface area (Å²) in [4.78, 5) is 13.4. The summed E-state index contributed by atoms with van der Waals surface area (Å²) in [6.07, 6.45) is -3.02. The Balaban J connectivity index is 2.03. The average molecular weight is 364 g/mol. The number of piperidine rings is 1. The van der Waals surface area contributed by atoms with Crippen LogP contribution in [-0.2, 0) is 21.1 Å². The average Bonchev–Trinajstić information content (AvgIpc) is 2.45.